The van der Waals surface area contributed by atoms with Crippen molar-refractivity contribution in [3.8, 4) is 0 Å². The van der Waals surface area contributed by atoms with E-state index < -0.39 is 0 Å². The van der Waals surface area contributed by atoms with Crippen LogP contribution in [0.15, 0.2) is 0 Å². The van der Waals surface area contributed by atoms with Gasteiger partial charge in [-0.15, -0.1) is 0 Å². The Bertz CT molecular complexity index is 273. The molecule has 5 heteroatoms. The Labute approximate surface area is 116 Å². The molecule has 19 heavy (non-hydrogen) atoms. The molecule has 0 aliphatic carbocycles. The minimum Gasteiger partial charge on any atom is -0.383 e. The highest BCUT2D eigenvalue weighted by Crippen LogP contribution is 2.16. The van der Waals surface area contributed by atoms with Crippen LogP contribution in [-0.4, -0.2) is 56.2 Å². The van der Waals surface area contributed by atoms with E-state index in [-0.39, 0.29) is 17.9 Å². The van der Waals surface area contributed by atoms with E-state index in [1.807, 2.05) is 6.92 Å². The van der Waals surface area contributed by atoms with Gasteiger partial charge in [0.25, 0.3) is 0 Å². The maximum Gasteiger partial charge on any atom is 0.237 e. The molecule has 3 unspecified atom stereocenters. The van der Waals surface area contributed by atoms with E-state index in [1.54, 1.807) is 7.11 Å². The van der Waals surface area contributed by atoms with Crippen molar-refractivity contribution in [3.63, 3.8) is 0 Å². The Balaban J connectivity index is 2.32. The number of carbonyl (C=O) groups excluding carboxylic acids is 1. The Morgan fingerprint density at radius 3 is 2.95 bits per heavy atom. The highest BCUT2D eigenvalue weighted by atomic mass is 16.5. The Morgan fingerprint density at radius 1 is 1.58 bits per heavy atom. The van der Waals surface area contributed by atoms with Crippen LogP contribution in [0.3, 0.4) is 0 Å². The molecule has 0 bridgehead atoms. The lowest BCUT2D eigenvalue weighted by Gasteiger charge is -2.25. The van der Waals surface area contributed by atoms with E-state index >= 15 is 0 Å². The van der Waals surface area contributed by atoms with Gasteiger partial charge in [-0.05, 0) is 25.3 Å². The fourth-order valence-electron chi connectivity index (χ4n) is 2.48. The summed E-state index contributed by atoms with van der Waals surface area (Å²) in [6, 6.07) is 0.0436. The molecule has 0 aromatic heterocycles. The van der Waals surface area contributed by atoms with Gasteiger partial charge < -0.3 is 15.8 Å². The molecule has 1 saturated heterocycles. The van der Waals surface area contributed by atoms with Crippen molar-refractivity contribution in [2.75, 3.05) is 33.4 Å². The second-order valence-electron chi connectivity index (χ2n) is 5.48. The molecule has 1 aliphatic rings. The van der Waals surface area contributed by atoms with Gasteiger partial charge in [0.2, 0.25) is 5.91 Å². The maximum absolute atomic E-state index is 11.9. The van der Waals surface area contributed by atoms with Crippen LogP contribution in [0.25, 0.3) is 0 Å². The molecular formula is C14H29N3O2. The average molecular weight is 271 g/mol. The predicted molar refractivity (Wildman–Crippen MR) is 76.9 cm³/mol. The first-order valence-corrected chi connectivity index (χ1v) is 7.36. The number of rotatable bonds is 8. The van der Waals surface area contributed by atoms with Gasteiger partial charge in [0.05, 0.1) is 12.6 Å². The van der Waals surface area contributed by atoms with Crippen molar-refractivity contribution in [2.24, 2.45) is 11.7 Å². The summed E-state index contributed by atoms with van der Waals surface area (Å²) in [4.78, 5) is 14.3. The third-order valence-electron chi connectivity index (χ3n) is 4.15. The standard InChI is InChI=1S/C14H29N3O2/c1-4-11(2)13(15)14(18)16-10-12-6-5-7-17(12)8-9-19-3/h11-13H,4-10,15H2,1-3H3,(H,16,18). The number of likely N-dealkylation sites (tertiary alicyclic amines) is 1. The average Bonchev–Trinajstić information content (AvgIpc) is 2.88. The first kappa shape index (κ1) is 16.4. The summed E-state index contributed by atoms with van der Waals surface area (Å²) in [6.45, 7) is 7.56. The van der Waals surface area contributed by atoms with Crippen LogP contribution in [0.4, 0.5) is 0 Å². The molecule has 0 aromatic carbocycles. The van der Waals surface area contributed by atoms with Crippen molar-refractivity contribution in [3.05, 3.63) is 0 Å². The van der Waals surface area contributed by atoms with Gasteiger partial charge in [0, 0.05) is 26.2 Å². The van der Waals surface area contributed by atoms with E-state index in [2.05, 4.69) is 17.1 Å². The van der Waals surface area contributed by atoms with Crippen molar-refractivity contribution in [1.29, 1.82) is 0 Å². The Kier molecular flexibility index (Phi) is 7.34. The zero-order valence-corrected chi connectivity index (χ0v) is 12.5. The fraction of sp³-hybridized carbons (Fsp3) is 0.929. The van der Waals surface area contributed by atoms with Crippen LogP contribution in [0.5, 0.6) is 0 Å². The molecule has 0 aromatic rings. The molecule has 0 spiro atoms. The highest BCUT2D eigenvalue weighted by molar-refractivity contribution is 5.81. The first-order chi connectivity index (χ1) is 9.10. The van der Waals surface area contributed by atoms with E-state index in [4.69, 9.17) is 10.5 Å². The maximum atomic E-state index is 11.9. The van der Waals surface area contributed by atoms with E-state index in [9.17, 15) is 4.79 Å². The minimum absolute atomic E-state index is 0.0204. The van der Waals surface area contributed by atoms with Gasteiger partial charge in [-0.2, -0.15) is 0 Å². The topological polar surface area (TPSA) is 67.6 Å². The molecule has 1 rings (SSSR count). The quantitative estimate of drug-likeness (QED) is 0.678. The van der Waals surface area contributed by atoms with Gasteiger partial charge in [-0.3, -0.25) is 9.69 Å². The van der Waals surface area contributed by atoms with Gasteiger partial charge in [-0.1, -0.05) is 20.3 Å². The second kappa shape index (κ2) is 8.51. The first-order valence-electron chi connectivity index (χ1n) is 7.36. The number of ether oxygens (including phenoxy) is 1. The summed E-state index contributed by atoms with van der Waals surface area (Å²) in [5.74, 6) is 0.209. The Hall–Kier alpha value is -0.650. The summed E-state index contributed by atoms with van der Waals surface area (Å²) in [6.07, 6.45) is 3.27. The van der Waals surface area contributed by atoms with Crippen LogP contribution in [-0.2, 0) is 9.53 Å². The Morgan fingerprint density at radius 2 is 2.32 bits per heavy atom. The molecule has 1 aliphatic heterocycles. The van der Waals surface area contributed by atoms with E-state index in [0.717, 1.165) is 32.5 Å². The van der Waals surface area contributed by atoms with Crippen molar-refractivity contribution in [1.82, 2.24) is 10.2 Å². The molecular weight excluding hydrogens is 242 g/mol. The molecule has 112 valence electrons. The number of nitrogens with two attached hydrogens (primary N) is 1. The number of hydrogen-bond donors (Lipinski definition) is 2. The van der Waals surface area contributed by atoms with Crippen LogP contribution in [0.2, 0.25) is 0 Å². The molecule has 1 fully saturated rings. The molecule has 0 radical (unpaired) electrons. The smallest absolute Gasteiger partial charge is 0.237 e. The molecule has 5 nitrogen and oxygen atoms in total. The van der Waals surface area contributed by atoms with Gasteiger partial charge in [0.1, 0.15) is 0 Å². The number of nitrogens with one attached hydrogen (secondary N) is 1. The van der Waals surface area contributed by atoms with Crippen molar-refractivity contribution in [2.45, 2.75) is 45.2 Å². The zero-order valence-electron chi connectivity index (χ0n) is 12.5. The van der Waals surface area contributed by atoms with Crippen LogP contribution < -0.4 is 11.1 Å². The SMILES string of the molecule is CCC(C)C(N)C(=O)NCC1CCCN1CCOC. The number of methoxy groups -OCH3 is 1. The summed E-state index contributed by atoms with van der Waals surface area (Å²) < 4.78 is 5.11. The largest absolute Gasteiger partial charge is 0.383 e. The lowest BCUT2D eigenvalue weighted by Crippen LogP contribution is -2.48. The normalized spacial score (nSPS) is 23.3. The number of amides is 1. The molecule has 3 N–H and O–H groups in total. The summed E-state index contributed by atoms with van der Waals surface area (Å²) in [5, 5.41) is 3.00. The number of nitrogens with zero attached hydrogens (tertiary/aromatic N) is 1. The minimum atomic E-state index is -0.390. The van der Waals surface area contributed by atoms with E-state index in [1.165, 1.54) is 6.42 Å². The second-order valence-corrected chi connectivity index (χ2v) is 5.48. The zero-order chi connectivity index (χ0) is 14.3. The molecule has 1 amide bonds. The third-order valence-corrected chi connectivity index (χ3v) is 4.15. The van der Waals surface area contributed by atoms with Gasteiger partial charge >= 0.3 is 0 Å². The number of hydrogen-bond acceptors (Lipinski definition) is 4. The summed E-state index contributed by atoms with van der Waals surface area (Å²) >= 11 is 0. The van der Waals surface area contributed by atoms with Crippen LogP contribution >= 0.6 is 0 Å². The van der Waals surface area contributed by atoms with Gasteiger partial charge in [0.15, 0.2) is 0 Å². The van der Waals surface area contributed by atoms with Crippen LogP contribution in [0, 0.1) is 5.92 Å². The lowest BCUT2D eigenvalue weighted by molar-refractivity contribution is -0.123. The predicted octanol–water partition coefficient (Wildman–Crippen LogP) is 0.587. The molecule has 1 heterocycles. The van der Waals surface area contributed by atoms with Crippen molar-refractivity contribution >= 4 is 5.91 Å². The molecule has 3 atom stereocenters. The number of carbonyl (C=O) groups is 1. The van der Waals surface area contributed by atoms with Crippen molar-refractivity contribution < 1.29 is 9.53 Å². The highest BCUT2D eigenvalue weighted by Gasteiger charge is 2.26. The summed E-state index contributed by atoms with van der Waals surface area (Å²) in [5.41, 5.74) is 5.93. The monoisotopic (exact) mass is 271 g/mol. The fourth-order valence-corrected chi connectivity index (χ4v) is 2.48. The lowest BCUT2D eigenvalue weighted by atomic mass is 9.99. The van der Waals surface area contributed by atoms with Crippen LogP contribution in [0.1, 0.15) is 33.1 Å². The molecule has 0 saturated carbocycles. The van der Waals surface area contributed by atoms with Gasteiger partial charge in [-0.25, -0.2) is 0 Å². The van der Waals surface area contributed by atoms with E-state index in [0.29, 0.717) is 12.6 Å². The third kappa shape index (κ3) is 5.09. The summed E-state index contributed by atoms with van der Waals surface area (Å²) in [7, 11) is 1.72.